The van der Waals surface area contributed by atoms with E-state index in [4.69, 9.17) is 9.41 Å². The molecule has 1 saturated heterocycles. The van der Waals surface area contributed by atoms with Gasteiger partial charge in [-0.15, -0.1) is 24.0 Å². The van der Waals surface area contributed by atoms with Crippen molar-refractivity contribution in [1.82, 2.24) is 15.1 Å². The Morgan fingerprint density at radius 1 is 1.17 bits per heavy atom. The van der Waals surface area contributed by atoms with Gasteiger partial charge in [0.05, 0.1) is 12.8 Å². The lowest BCUT2D eigenvalue weighted by Gasteiger charge is -2.24. The Labute approximate surface area is 192 Å². The lowest BCUT2D eigenvalue weighted by Crippen LogP contribution is -2.41. The van der Waals surface area contributed by atoms with Gasteiger partial charge in [-0.25, -0.2) is 4.99 Å². The van der Waals surface area contributed by atoms with Crippen molar-refractivity contribution < 1.29 is 4.42 Å². The number of guanidine groups is 1. The van der Waals surface area contributed by atoms with Crippen molar-refractivity contribution in [2.24, 2.45) is 10.9 Å². The van der Waals surface area contributed by atoms with Crippen molar-refractivity contribution in [3.8, 4) is 0 Å². The largest absolute Gasteiger partial charge is 0.469 e. The SMILES string of the molecule is CCN(CC)CC1CCN(C(=NCc2ccccc2)NCCc2ccco2)C1.I. The summed E-state index contributed by atoms with van der Waals surface area (Å²) in [7, 11) is 0. The molecule has 1 aliphatic rings. The zero-order chi connectivity index (χ0) is 19.6. The van der Waals surface area contributed by atoms with Crippen LogP contribution >= 0.6 is 24.0 Å². The van der Waals surface area contributed by atoms with Crippen LogP contribution in [0.5, 0.6) is 0 Å². The molecule has 160 valence electrons. The van der Waals surface area contributed by atoms with Crippen LogP contribution in [0.2, 0.25) is 0 Å². The predicted octanol–water partition coefficient (Wildman–Crippen LogP) is 4.25. The third-order valence-electron chi connectivity index (χ3n) is 5.49. The molecule has 1 aromatic heterocycles. The lowest BCUT2D eigenvalue weighted by atomic mass is 10.1. The first kappa shape index (κ1) is 23.7. The summed E-state index contributed by atoms with van der Waals surface area (Å²) in [6.45, 7) is 11.6. The number of benzene rings is 1. The summed E-state index contributed by atoms with van der Waals surface area (Å²) in [5, 5.41) is 3.57. The molecule has 0 aliphatic carbocycles. The van der Waals surface area contributed by atoms with E-state index >= 15 is 0 Å². The van der Waals surface area contributed by atoms with Crippen molar-refractivity contribution in [2.75, 3.05) is 39.3 Å². The molecule has 2 aromatic rings. The van der Waals surface area contributed by atoms with Gasteiger partial charge < -0.3 is 19.5 Å². The molecule has 1 N–H and O–H groups in total. The fourth-order valence-electron chi connectivity index (χ4n) is 3.79. The Kier molecular flexibility index (Phi) is 10.6. The summed E-state index contributed by atoms with van der Waals surface area (Å²) in [5.74, 6) is 2.75. The van der Waals surface area contributed by atoms with Gasteiger partial charge in [-0.1, -0.05) is 44.2 Å². The van der Waals surface area contributed by atoms with E-state index in [-0.39, 0.29) is 24.0 Å². The zero-order valence-electron chi connectivity index (χ0n) is 17.7. The fourth-order valence-corrected chi connectivity index (χ4v) is 3.79. The smallest absolute Gasteiger partial charge is 0.194 e. The minimum atomic E-state index is 0. The average Bonchev–Trinajstić information content (AvgIpc) is 3.41. The number of hydrogen-bond donors (Lipinski definition) is 1. The minimum Gasteiger partial charge on any atom is -0.469 e. The van der Waals surface area contributed by atoms with Gasteiger partial charge in [-0.05, 0) is 43.1 Å². The molecule has 1 aromatic carbocycles. The number of rotatable bonds is 9. The van der Waals surface area contributed by atoms with E-state index in [9.17, 15) is 0 Å². The second kappa shape index (κ2) is 12.9. The summed E-state index contributed by atoms with van der Waals surface area (Å²) in [4.78, 5) is 9.89. The third kappa shape index (κ3) is 7.66. The second-order valence-corrected chi connectivity index (χ2v) is 7.47. The molecule has 0 saturated carbocycles. The molecular formula is C23H35IN4O. The lowest BCUT2D eigenvalue weighted by molar-refractivity contribution is 0.255. The molecule has 0 radical (unpaired) electrons. The summed E-state index contributed by atoms with van der Waals surface area (Å²) in [6.07, 6.45) is 3.84. The number of aliphatic imine (C=N–C) groups is 1. The van der Waals surface area contributed by atoms with Gasteiger partial charge in [-0.2, -0.15) is 0 Å². The molecule has 0 amide bonds. The van der Waals surface area contributed by atoms with Crippen LogP contribution in [0.1, 0.15) is 31.6 Å². The maximum absolute atomic E-state index is 5.46. The van der Waals surface area contributed by atoms with E-state index in [1.54, 1.807) is 6.26 Å². The number of hydrogen-bond acceptors (Lipinski definition) is 3. The number of likely N-dealkylation sites (tertiary alicyclic amines) is 1. The number of nitrogens with zero attached hydrogens (tertiary/aromatic N) is 3. The fraction of sp³-hybridized carbons (Fsp3) is 0.522. The highest BCUT2D eigenvalue weighted by Crippen LogP contribution is 2.18. The molecule has 6 heteroatoms. The van der Waals surface area contributed by atoms with Crippen LogP contribution in [0, 0.1) is 5.92 Å². The average molecular weight is 510 g/mol. The van der Waals surface area contributed by atoms with Crippen LogP contribution in [0.4, 0.5) is 0 Å². The molecule has 0 bridgehead atoms. The van der Waals surface area contributed by atoms with Gasteiger partial charge in [0.25, 0.3) is 0 Å². The van der Waals surface area contributed by atoms with Crippen LogP contribution in [-0.2, 0) is 13.0 Å². The predicted molar refractivity (Wildman–Crippen MR) is 131 cm³/mol. The van der Waals surface area contributed by atoms with Crippen molar-refractivity contribution in [2.45, 2.75) is 33.2 Å². The maximum atomic E-state index is 5.46. The Hall–Kier alpha value is -1.54. The zero-order valence-corrected chi connectivity index (χ0v) is 20.0. The Bertz CT molecular complexity index is 701. The quantitative estimate of drug-likeness (QED) is 0.311. The highest BCUT2D eigenvalue weighted by molar-refractivity contribution is 14.0. The van der Waals surface area contributed by atoms with Gasteiger partial charge in [0.1, 0.15) is 5.76 Å². The normalized spacial score (nSPS) is 16.9. The minimum absolute atomic E-state index is 0. The highest BCUT2D eigenvalue weighted by atomic mass is 127. The number of nitrogens with one attached hydrogen (secondary N) is 1. The molecule has 5 nitrogen and oxygen atoms in total. The molecule has 1 aliphatic heterocycles. The molecule has 29 heavy (non-hydrogen) atoms. The Morgan fingerprint density at radius 2 is 1.97 bits per heavy atom. The maximum Gasteiger partial charge on any atom is 0.194 e. The van der Waals surface area contributed by atoms with Crippen LogP contribution in [0.25, 0.3) is 0 Å². The second-order valence-electron chi connectivity index (χ2n) is 7.47. The standard InChI is InChI=1S/C23H34N4O.HI/c1-3-26(4-2)18-21-13-15-27(19-21)23(24-14-12-22-11-8-16-28-22)25-17-20-9-6-5-7-10-20;/h5-11,16,21H,3-4,12-15,17-19H2,1-2H3,(H,24,25);1H. The first-order chi connectivity index (χ1) is 13.8. The van der Waals surface area contributed by atoms with Gasteiger partial charge in [0.2, 0.25) is 0 Å². The first-order valence-electron chi connectivity index (χ1n) is 10.6. The van der Waals surface area contributed by atoms with Crippen molar-refractivity contribution in [1.29, 1.82) is 0 Å². The molecule has 3 rings (SSSR count). The number of halogens is 1. The molecule has 1 atom stereocenters. The molecule has 1 fully saturated rings. The Balaban J connectivity index is 0.00000300. The van der Waals surface area contributed by atoms with Gasteiger partial charge in [0, 0.05) is 32.6 Å². The molecule has 1 unspecified atom stereocenters. The van der Waals surface area contributed by atoms with Crippen molar-refractivity contribution in [3.05, 3.63) is 60.1 Å². The van der Waals surface area contributed by atoms with E-state index in [2.05, 4.69) is 53.2 Å². The summed E-state index contributed by atoms with van der Waals surface area (Å²) in [5.41, 5.74) is 1.24. The summed E-state index contributed by atoms with van der Waals surface area (Å²) >= 11 is 0. The van der Waals surface area contributed by atoms with Gasteiger partial charge in [-0.3, -0.25) is 0 Å². The topological polar surface area (TPSA) is 44.0 Å². The summed E-state index contributed by atoms with van der Waals surface area (Å²) < 4.78 is 5.46. The van der Waals surface area contributed by atoms with E-state index in [1.807, 2.05) is 18.2 Å². The summed E-state index contributed by atoms with van der Waals surface area (Å²) in [6, 6.07) is 14.4. The molecule has 2 heterocycles. The third-order valence-corrected chi connectivity index (χ3v) is 5.49. The highest BCUT2D eigenvalue weighted by Gasteiger charge is 2.26. The Morgan fingerprint density at radius 3 is 2.66 bits per heavy atom. The van der Waals surface area contributed by atoms with Gasteiger partial charge in [0.15, 0.2) is 5.96 Å². The van der Waals surface area contributed by atoms with Crippen molar-refractivity contribution >= 4 is 29.9 Å². The van der Waals surface area contributed by atoms with Crippen LogP contribution in [0.3, 0.4) is 0 Å². The molecular weight excluding hydrogens is 475 g/mol. The van der Waals surface area contributed by atoms with Crippen molar-refractivity contribution in [3.63, 3.8) is 0 Å². The first-order valence-corrected chi connectivity index (χ1v) is 10.6. The van der Waals surface area contributed by atoms with E-state index in [1.165, 1.54) is 18.5 Å². The van der Waals surface area contributed by atoms with E-state index in [0.717, 1.165) is 50.9 Å². The van der Waals surface area contributed by atoms with Gasteiger partial charge >= 0.3 is 0 Å². The molecule has 0 spiro atoms. The van der Waals surface area contributed by atoms with Crippen LogP contribution in [0.15, 0.2) is 58.1 Å². The van der Waals surface area contributed by atoms with E-state index < -0.39 is 0 Å². The van der Waals surface area contributed by atoms with Crippen LogP contribution < -0.4 is 5.32 Å². The monoisotopic (exact) mass is 510 g/mol. The number of furan rings is 1. The van der Waals surface area contributed by atoms with E-state index in [0.29, 0.717) is 12.5 Å². The van der Waals surface area contributed by atoms with Crippen LogP contribution in [-0.4, -0.2) is 55.0 Å².